The third-order valence-corrected chi connectivity index (χ3v) is 10.0. The number of aliphatic hydroxyl groups is 1. The van der Waals surface area contributed by atoms with E-state index in [1.807, 2.05) is 13.8 Å². The fourth-order valence-electron chi connectivity index (χ4n) is 9.15. The molecule has 10 atom stereocenters. The van der Waals surface area contributed by atoms with Gasteiger partial charge in [0.15, 0.2) is 5.79 Å². The van der Waals surface area contributed by atoms with Gasteiger partial charge in [0.25, 0.3) is 0 Å². The summed E-state index contributed by atoms with van der Waals surface area (Å²) in [5.41, 5.74) is -0.694. The normalized spacial score (nSPS) is 61.0. The van der Waals surface area contributed by atoms with E-state index in [4.69, 9.17) is 14.2 Å². The van der Waals surface area contributed by atoms with Crippen LogP contribution in [0.4, 0.5) is 0 Å². The Bertz CT molecular complexity index is 735. The lowest BCUT2D eigenvalue weighted by atomic mass is 9.39. The van der Waals surface area contributed by atoms with Crippen molar-refractivity contribution in [1.29, 1.82) is 0 Å². The molecule has 28 heavy (non-hydrogen) atoms. The first-order valence-corrected chi connectivity index (χ1v) is 11.3. The van der Waals surface area contributed by atoms with Gasteiger partial charge in [-0.05, 0) is 56.8 Å². The minimum absolute atomic E-state index is 0.0145. The summed E-state index contributed by atoms with van der Waals surface area (Å²) in [5.74, 6) is 0.455. The highest BCUT2D eigenvalue weighted by Gasteiger charge is 2.82. The zero-order chi connectivity index (χ0) is 19.7. The van der Waals surface area contributed by atoms with Crippen molar-refractivity contribution in [2.24, 2.45) is 39.9 Å². The number of ketones is 1. The molecule has 2 bridgehead atoms. The van der Waals surface area contributed by atoms with Crippen LogP contribution in [-0.2, 0) is 19.0 Å². The molecule has 0 aromatic carbocycles. The molecule has 6 aliphatic rings. The summed E-state index contributed by atoms with van der Waals surface area (Å²) in [5, 5.41) is 10.4. The maximum absolute atomic E-state index is 13.9. The van der Waals surface area contributed by atoms with Crippen molar-refractivity contribution < 1.29 is 24.1 Å². The lowest BCUT2D eigenvalue weighted by molar-refractivity contribution is -0.380. The molecule has 0 radical (unpaired) electrons. The van der Waals surface area contributed by atoms with E-state index in [2.05, 4.69) is 13.8 Å². The van der Waals surface area contributed by atoms with Gasteiger partial charge < -0.3 is 19.3 Å². The zero-order valence-corrected chi connectivity index (χ0v) is 17.6. The number of aliphatic hydroxyl groups excluding tert-OH is 1. The molecule has 0 unspecified atom stereocenters. The van der Waals surface area contributed by atoms with Gasteiger partial charge in [-0.1, -0.05) is 20.3 Å². The van der Waals surface area contributed by atoms with E-state index in [0.717, 1.165) is 38.7 Å². The predicted molar refractivity (Wildman–Crippen MR) is 101 cm³/mol. The molecule has 0 aromatic heterocycles. The first kappa shape index (κ1) is 18.3. The Hall–Kier alpha value is -0.490. The number of carbonyl (C=O) groups excluding carboxylic acids is 1. The van der Waals surface area contributed by atoms with Crippen molar-refractivity contribution in [2.45, 2.75) is 83.9 Å². The quantitative estimate of drug-likeness (QED) is 0.746. The highest BCUT2D eigenvalue weighted by molar-refractivity contribution is 5.92. The fraction of sp³-hybridized carbons (Fsp3) is 0.957. The molecule has 5 nitrogen and oxygen atoms in total. The average Bonchev–Trinajstić information content (AvgIpc) is 3.07. The molecular formula is C23H34O5. The molecular weight excluding hydrogens is 356 g/mol. The molecule has 6 rings (SSSR count). The Morgan fingerprint density at radius 1 is 1.14 bits per heavy atom. The van der Waals surface area contributed by atoms with Crippen LogP contribution in [0.25, 0.3) is 0 Å². The highest BCUT2D eigenvalue weighted by Crippen LogP contribution is 2.75. The highest BCUT2D eigenvalue weighted by atomic mass is 16.7. The third kappa shape index (κ3) is 1.79. The van der Waals surface area contributed by atoms with Crippen molar-refractivity contribution in [1.82, 2.24) is 0 Å². The number of ether oxygens (including phenoxy) is 3. The van der Waals surface area contributed by atoms with Gasteiger partial charge in [0, 0.05) is 23.9 Å². The van der Waals surface area contributed by atoms with Crippen LogP contribution in [0, 0.1) is 39.9 Å². The molecule has 0 amide bonds. The second kappa shape index (κ2) is 5.22. The zero-order valence-electron chi connectivity index (χ0n) is 17.6. The molecule has 5 heteroatoms. The van der Waals surface area contributed by atoms with Crippen LogP contribution in [0.1, 0.15) is 59.8 Å². The first-order valence-electron chi connectivity index (χ1n) is 11.3. The monoisotopic (exact) mass is 390 g/mol. The molecule has 2 saturated heterocycles. The molecule has 2 spiro atoms. The van der Waals surface area contributed by atoms with Crippen LogP contribution >= 0.6 is 0 Å². The maximum Gasteiger partial charge on any atom is 0.163 e. The standard InChI is InChI=1S/C23H34O5/c1-12-13-8-14-17-22(11-26-14)7-5-6-21(4,10-24)15(22)9-16-23(17,18(12)25)19(13)28-20(2,3)27-16/h12-17,19,24H,5-11H2,1-4H3/t12-,13+,14-,15-,16-,17+,19-,21+,22+,23-/m1/s1. The largest absolute Gasteiger partial charge is 0.396 e. The van der Waals surface area contributed by atoms with Crippen molar-refractivity contribution in [2.75, 3.05) is 13.2 Å². The Labute approximate surface area is 167 Å². The summed E-state index contributed by atoms with van der Waals surface area (Å²) in [6.45, 7) is 9.29. The predicted octanol–water partition coefficient (Wildman–Crippen LogP) is 2.94. The Morgan fingerprint density at radius 2 is 1.93 bits per heavy atom. The molecule has 1 N–H and O–H groups in total. The third-order valence-electron chi connectivity index (χ3n) is 10.0. The van der Waals surface area contributed by atoms with Crippen molar-refractivity contribution in [3.63, 3.8) is 0 Å². The van der Waals surface area contributed by atoms with E-state index >= 15 is 0 Å². The number of rotatable bonds is 1. The van der Waals surface area contributed by atoms with Crippen LogP contribution in [0.5, 0.6) is 0 Å². The number of Topliss-reactive ketones (excluding diaryl/α,β-unsaturated/α-hetero) is 1. The maximum atomic E-state index is 13.9. The Balaban J connectivity index is 1.58. The number of carbonyl (C=O) groups is 1. The van der Waals surface area contributed by atoms with Crippen LogP contribution in [0.3, 0.4) is 0 Å². The summed E-state index contributed by atoms with van der Waals surface area (Å²) in [7, 11) is 0. The van der Waals surface area contributed by atoms with Gasteiger partial charge in [0.1, 0.15) is 5.78 Å². The Kier molecular flexibility index (Phi) is 3.41. The van der Waals surface area contributed by atoms with Gasteiger partial charge in [0.2, 0.25) is 0 Å². The summed E-state index contributed by atoms with van der Waals surface area (Å²) >= 11 is 0. The first-order chi connectivity index (χ1) is 13.2. The van der Waals surface area contributed by atoms with E-state index in [-0.39, 0.29) is 53.5 Å². The van der Waals surface area contributed by atoms with Crippen LogP contribution in [0.15, 0.2) is 0 Å². The second-order valence-electron chi connectivity index (χ2n) is 11.5. The minimum Gasteiger partial charge on any atom is -0.396 e. The molecule has 156 valence electrons. The minimum atomic E-state index is -0.669. The lowest BCUT2D eigenvalue weighted by Gasteiger charge is -2.67. The molecule has 6 fully saturated rings. The average molecular weight is 391 g/mol. The van der Waals surface area contributed by atoms with Crippen molar-refractivity contribution in [3.05, 3.63) is 0 Å². The van der Waals surface area contributed by atoms with E-state index in [9.17, 15) is 9.90 Å². The summed E-state index contributed by atoms with van der Waals surface area (Å²) in [6, 6.07) is 0. The van der Waals surface area contributed by atoms with Crippen molar-refractivity contribution >= 4 is 5.78 Å². The van der Waals surface area contributed by atoms with E-state index in [0.29, 0.717) is 11.7 Å². The van der Waals surface area contributed by atoms with E-state index < -0.39 is 11.2 Å². The number of hydrogen-bond donors (Lipinski definition) is 1. The van der Waals surface area contributed by atoms with Crippen molar-refractivity contribution in [3.8, 4) is 0 Å². The van der Waals surface area contributed by atoms with Gasteiger partial charge >= 0.3 is 0 Å². The van der Waals surface area contributed by atoms with E-state index in [1.165, 1.54) is 0 Å². The summed E-state index contributed by atoms with van der Waals surface area (Å²) < 4.78 is 19.7. The van der Waals surface area contributed by atoms with Gasteiger partial charge in [0.05, 0.1) is 30.3 Å². The smallest absolute Gasteiger partial charge is 0.163 e. The van der Waals surface area contributed by atoms with E-state index in [1.54, 1.807) is 0 Å². The summed E-state index contributed by atoms with van der Waals surface area (Å²) in [4.78, 5) is 13.9. The molecule has 4 saturated carbocycles. The molecule has 2 aliphatic heterocycles. The SMILES string of the molecule is C[C@H]1C(=O)[C@@]23[C@@H]4OC(C)(C)O[C@@H]2C[C@@H]2[C@](C)(CO)CCC[C@]25CO[C@H](C[C@H]41)[C@@H]53. The topological polar surface area (TPSA) is 65.0 Å². The van der Waals surface area contributed by atoms with Crippen LogP contribution in [-0.4, -0.2) is 48.2 Å². The van der Waals surface area contributed by atoms with Crippen LogP contribution < -0.4 is 0 Å². The second-order valence-corrected chi connectivity index (χ2v) is 11.5. The van der Waals surface area contributed by atoms with Gasteiger partial charge in [-0.2, -0.15) is 0 Å². The molecule has 0 aromatic rings. The lowest BCUT2D eigenvalue weighted by Crippen LogP contribution is -2.73. The van der Waals surface area contributed by atoms with Gasteiger partial charge in [-0.15, -0.1) is 0 Å². The Morgan fingerprint density at radius 3 is 2.68 bits per heavy atom. The molecule has 2 heterocycles. The van der Waals surface area contributed by atoms with Gasteiger partial charge in [-0.25, -0.2) is 0 Å². The van der Waals surface area contributed by atoms with Gasteiger partial charge in [-0.3, -0.25) is 4.79 Å². The number of hydrogen-bond acceptors (Lipinski definition) is 5. The fourth-order valence-corrected chi connectivity index (χ4v) is 9.15. The summed E-state index contributed by atoms with van der Waals surface area (Å²) in [6.07, 6.45) is 4.98. The van der Waals surface area contributed by atoms with Crippen LogP contribution in [0.2, 0.25) is 0 Å². The molecule has 4 aliphatic carbocycles.